The number of carbonyl (C=O) groups is 2. The number of fused-ring (bicyclic) bond motifs is 1. The Morgan fingerprint density at radius 2 is 1.69 bits per heavy atom. The minimum atomic E-state index is -0.135. The van der Waals surface area contributed by atoms with E-state index in [1.165, 1.54) is 17.1 Å². The van der Waals surface area contributed by atoms with Gasteiger partial charge in [-0.2, -0.15) is 0 Å². The summed E-state index contributed by atoms with van der Waals surface area (Å²) >= 11 is 0. The van der Waals surface area contributed by atoms with Crippen molar-refractivity contribution in [1.29, 1.82) is 0 Å². The molecule has 13 heavy (non-hydrogen) atoms. The molecule has 2 heterocycles. The van der Waals surface area contributed by atoms with Gasteiger partial charge in [-0.1, -0.05) is 0 Å². The van der Waals surface area contributed by atoms with E-state index in [4.69, 9.17) is 0 Å². The number of nitrogens with one attached hydrogen (secondary N) is 1. The highest BCUT2D eigenvalue weighted by Gasteiger charge is 2.58. The minimum absolute atomic E-state index is 0.135. The molecule has 0 bridgehead atoms. The Morgan fingerprint density at radius 3 is 2.23 bits per heavy atom. The SMILES string of the molecule is O=C1C=CC(=O)N1C1C2CNCC21. The highest BCUT2D eigenvalue weighted by atomic mass is 16.2. The molecule has 4 heteroatoms. The highest BCUT2D eigenvalue weighted by Crippen LogP contribution is 2.46. The van der Waals surface area contributed by atoms with E-state index in [1.807, 2.05) is 0 Å². The van der Waals surface area contributed by atoms with Gasteiger partial charge in [0.25, 0.3) is 11.8 Å². The number of rotatable bonds is 1. The van der Waals surface area contributed by atoms with Crippen LogP contribution in [0.1, 0.15) is 0 Å². The van der Waals surface area contributed by atoms with Crippen molar-refractivity contribution in [2.24, 2.45) is 11.8 Å². The van der Waals surface area contributed by atoms with Crippen LogP contribution < -0.4 is 5.32 Å². The number of carbonyl (C=O) groups excluding carboxylic acids is 2. The van der Waals surface area contributed by atoms with E-state index in [1.54, 1.807) is 0 Å². The van der Waals surface area contributed by atoms with E-state index in [0.29, 0.717) is 11.8 Å². The quantitative estimate of drug-likeness (QED) is 0.531. The second-order valence-electron chi connectivity index (χ2n) is 3.86. The minimum Gasteiger partial charge on any atom is -0.316 e. The standard InChI is InChI=1S/C9H10N2O2/c12-7-1-2-8(13)11(7)9-5-3-10-4-6(5)9/h1-2,5-6,9-10H,3-4H2. The number of nitrogens with zero attached hydrogens (tertiary/aromatic N) is 1. The topological polar surface area (TPSA) is 49.4 Å². The van der Waals surface area contributed by atoms with Crippen molar-refractivity contribution in [3.63, 3.8) is 0 Å². The summed E-state index contributed by atoms with van der Waals surface area (Å²) in [6.45, 7) is 1.90. The lowest BCUT2D eigenvalue weighted by molar-refractivity contribution is -0.137. The average molecular weight is 178 g/mol. The maximum absolute atomic E-state index is 11.3. The molecule has 1 saturated heterocycles. The fourth-order valence-corrected chi connectivity index (χ4v) is 2.47. The van der Waals surface area contributed by atoms with Crippen LogP contribution >= 0.6 is 0 Å². The van der Waals surface area contributed by atoms with Gasteiger partial charge in [-0.15, -0.1) is 0 Å². The maximum atomic E-state index is 11.3. The summed E-state index contributed by atoms with van der Waals surface area (Å²) in [7, 11) is 0. The second kappa shape index (κ2) is 2.20. The fourth-order valence-electron chi connectivity index (χ4n) is 2.47. The Hall–Kier alpha value is -1.16. The van der Waals surface area contributed by atoms with E-state index in [2.05, 4.69) is 5.32 Å². The molecule has 2 fully saturated rings. The van der Waals surface area contributed by atoms with Crippen LogP contribution in [0, 0.1) is 11.8 Å². The summed E-state index contributed by atoms with van der Waals surface area (Å²) in [5, 5.41) is 3.24. The summed E-state index contributed by atoms with van der Waals surface area (Å²) in [6.07, 6.45) is 2.73. The summed E-state index contributed by atoms with van der Waals surface area (Å²) < 4.78 is 0. The van der Waals surface area contributed by atoms with E-state index < -0.39 is 0 Å². The van der Waals surface area contributed by atoms with Crippen LogP contribution in [0.3, 0.4) is 0 Å². The maximum Gasteiger partial charge on any atom is 0.253 e. The van der Waals surface area contributed by atoms with Crippen LogP contribution in [0.2, 0.25) is 0 Å². The zero-order valence-corrected chi connectivity index (χ0v) is 7.06. The summed E-state index contributed by atoms with van der Waals surface area (Å²) in [5.41, 5.74) is 0. The Kier molecular flexibility index (Phi) is 1.23. The molecule has 1 N–H and O–H groups in total. The van der Waals surface area contributed by atoms with Crippen molar-refractivity contribution in [2.75, 3.05) is 13.1 Å². The van der Waals surface area contributed by atoms with Crippen molar-refractivity contribution in [1.82, 2.24) is 10.2 Å². The van der Waals surface area contributed by atoms with E-state index in [0.717, 1.165) is 13.1 Å². The lowest BCUT2D eigenvalue weighted by atomic mass is 10.4. The monoisotopic (exact) mass is 178 g/mol. The van der Waals surface area contributed by atoms with Crippen LogP contribution in [-0.4, -0.2) is 35.8 Å². The first kappa shape index (κ1) is 7.26. The largest absolute Gasteiger partial charge is 0.316 e. The van der Waals surface area contributed by atoms with E-state index in [-0.39, 0.29) is 17.9 Å². The summed E-state index contributed by atoms with van der Waals surface area (Å²) in [5.74, 6) is 0.773. The normalized spacial score (nSPS) is 41.5. The summed E-state index contributed by atoms with van der Waals surface area (Å²) in [6, 6.07) is 0.191. The molecule has 1 saturated carbocycles. The molecule has 4 nitrogen and oxygen atoms in total. The van der Waals surface area contributed by atoms with Gasteiger partial charge < -0.3 is 5.32 Å². The smallest absolute Gasteiger partial charge is 0.253 e. The first-order valence-electron chi connectivity index (χ1n) is 4.55. The third-order valence-electron chi connectivity index (χ3n) is 3.19. The molecule has 0 aromatic heterocycles. The molecule has 68 valence electrons. The third-order valence-corrected chi connectivity index (χ3v) is 3.19. The first-order chi connectivity index (χ1) is 6.29. The molecule has 0 spiro atoms. The van der Waals surface area contributed by atoms with Crippen LogP contribution in [0.25, 0.3) is 0 Å². The second-order valence-corrected chi connectivity index (χ2v) is 3.86. The van der Waals surface area contributed by atoms with Gasteiger partial charge in [0.15, 0.2) is 0 Å². The van der Waals surface area contributed by atoms with E-state index in [9.17, 15) is 9.59 Å². The zero-order chi connectivity index (χ0) is 9.00. The molecule has 2 unspecified atom stereocenters. The molecular weight excluding hydrogens is 168 g/mol. The molecule has 0 aromatic carbocycles. The highest BCUT2D eigenvalue weighted by molar-refractivity contribution is 6.13. The van der Waals surface area contributed by atoms with Crippen LogP contribution in [-0.2, 0) is 9.59 Å². The molecule has 2 amide bonds. The Labute approximate surface area is 75.6 Å². The van der Waals surface area contributed by atoms with Crippen molar-refractivity contribution in [3.05, 3.63) is 12.2 Å². The van der Waals surface area contributed by atoms with Gasteiger partial charge in [-0.25, -0.2) is 0 Å². The number of imide groups is 1. The molecule has 1 aliphatic carbocycles. The molecule has 2 aliphatic heterocycles. The van der Waals surface area contributed by atoms with Gasteiger partial charge in [-0.05, 0) is 11.8 Å². The van der Waals surface area contributed by atoms with Crippen molar-refractivity contribution >= 4 is 11.8 Å². The Bertz CT molecular complexity index is 296. The first-order valence-corrected chi connectivity index (χ1v) is 4.55. The zero-order valence-electron chi connectivity index (χ0n) is 7.06. The van der Waals surface area contributed by atoms with Crippen LogP contribution in [0.5, 0.6) is 0 Å². The predicted octanol–water partition coefficient (Wildman–Crippen LogP) is -0.871. The molecule has 0 radical (unpaired) electrons. The number of amides is 2. The van der Waals surface area contributed by atoms with Crippen LogP contribution in [0.15, 0.2) is 12.2 Å². The number of hydrogen-bond acceptors (Lipinski definition) is 3. The van der Waals surface area contributed by atoms with Gasteiger partial charge >= 0.3 is 0 Å². The van der Waals surface area contributed by atoms with Gasteiger partial charge in [0.1, 0.15) is 0 Å². The van der Waals surface area contributed by atoms with Crippen molar-refractivity contribution in [3.8, 4) is 0 Å². The molecular formula is C9H10N2O2. The van der Waals surface area contributed by atoms with Crippen molar-refractivity contribution in [2.45, 2.75) is 6.04 Å². The Balaban J connectivity index is 1.81. The van der Waals surface area contributed by atoms with Gasteiger partial charge in [0, 0.05) is 31.3 Å². The van der Waals surface area contributed by atoms with Crippen molar-refractivity contribution < 1.29 is 9.59 Å². The third kappa shape index (κ3) is 0.836. The Morgan fingerprint density at radius 1 is 1.15 bits per heavy atom. The lowest BCUT2D eigenvalue weighted by Crippen LogP contribution is -2.37. The fraction of sp³-hybridized carbons (Fsp3) is 0.556. The molecule has 0 aromatic rings. The summed E-state index contributed by atoms with van der Waals surface area (Å²) in [4.78, 5) is 24.0. The molecule has 3 rings (SSSR count). The van der Waals surface area contributed by atoms with Gasteiger partial charge in [-0.3, -0.25) is 14.5 Å². The van der Waals surface area contributed by atoms with Gasteiger partial charge in [0.2, 0.25) is 0 Å². The van der Waals surface area contributed by atoms with Gasteiger partial charge in [0.05, 0.1) is 0 Å². The molecule has 2 atom stereocenters. The lowest BCUT2D eigenvalue weighted by Gasteiger charge is -2.15. The average Bonchev–Trinajstić information content (AvgIpc) is 2.51. The van der Waals surface area contributed by atoms with Crippen LogP contribution in [0.4, 0.5) is 0 Å². The molecule has 3 aliphatic rings. The number of piperidine rings is 1. The predicted molar refractivity (Wildman–Crippen MR) is 44.6 cm³/mol. The number of hydrogen-bond donors (Lipinski definition) is 1. The van der Waals surface area contributed by atoms with E-state index >= 15 is 0 Å².